The fourth-order valence-electron chi connectivity index (χ4n) is 1.57. The number of nitrogens with one attached hydrogen (secondary N) is 2. The van der Waals surface area contributed by atoms with Gasteiger partial charge in [0.2, 0.25) is 11.9 Å². The lowest BCUT2D eigenvalue weighted by atomic mass is 10.2. The number of halogens is 2. The summed E-state index contributed by atoms with van der Waals surface area (Å²) in [5.74, 6) is -1.34. The summed E-state index contributed by atoms with van der Waals surface area (Å²) in [5.41, 5.74) is 0.889. The number of fused-ring (bicyclic) bond motifs is 1. The van der Waals surface area contributed by atoms with E-state index in [1.807, 2.05) is 0 Å². The van der Waals surface area contributed by atoms with Gasteiger partial charge in [-0.25, -0.2) is 9.97 Å². The highest BCUT2D eigenvalue weighted by Gasteiger charge is 2.12. The molecule has 0 fully saturated rings. The van der Waals surface area contributed by atoms with E-state index in [4.69, 9.17) is 11.6 Å². The van der Waals surface area contributed by atoms with Gasteiger partial charge in [-0.3, -0.25) is 10.1 Å². The van der Waals surface area contributed by atoms with Gasteiger partial charge in [0, 0.05) is 17.8 Å². The molecule has 0 spiro atoms. The van der Waals surface area contributed by atoms with E-state index in [1.165, 1.54) is 18.6 Å². The largest absolute Gasteiger partial charge is 0.341 e. The summed E-state index contributed by atoms with van der Waals surface area (Å²) in [5, 5.41) is 2.54. The first-order valence-corrected chi connectivity index (χ1v) is 5.81. The third-order valence-electron chi connectivity index (χ3n) is 2.46. The molecule has 7 nitrogen and oxygen atoms in total. The second-order valence-electron chi connectivity index (χ2n) is 3.76. The molecule has 3 aromatic heterocycles. The monoisotopic (exact) mass is 292 g/mol. The molecule has 3 heterocycles. The Bertz CT molecular complexity index is 804. The molecule has 0 unspecified atom stereocenters. The first kappa shape index (κ1) is 12.4. The fraction of sp³-hybridized carbons (Fsp3) is 0. The summed E-state index contributed by atoms with van der Waals surface area (Å²) >= 11 is 5.91. The third-order valence-corrected chi connectivity index (χ3v) is 2.73. The van der Waals surface area contributed by atoms with Crippen LogP contribution in [0.25, 0.3) is 11.2 Å². The van der Waals surface area contributed by atoms with Crippen molar-refractivity contribution in [1.82, 2.24) is 24.9 Å². The normalized spacial score (nSPS) is 10.7. The Kier molecular flexibility index (Phi) is 2.99. The highest BCUT2D eigenvalue weighted by Crippen LogP contribution is 2.18. The molecular formula is C11H6ClFN6O. The highest BCUT2D eigenvalue weighted by molar-refractivity contribution is 6.33. The molecule has 0 aromatic carbocycles. The van der Waals surface area contributed by atoms with Crippen molar-refractivity contribution in [2.45, 2.75) is 0 Å². The minimum atomic E-state index is -0.751. The molecule has 2 N–H and O–H groups in total. The molecule has 0 saturated heterocycles. The maximum atomic E-state index is 12.9. The molecule has 100 valence electrons. The smallest absolute Gasteiger partial charge is 0.258 e. The Morgan fingerprint density at radius 3 is 3.00 bits per heavy atom. The van der Waals surface area contributed by atoms with Crippen molar-refractivity contribution in [3.05, 3.63) is 41.3 Å². The molecule has 20 heavy (non-hydrogen) atoms. The highest BCUT2D eigenvalue weighted by atomic mass is 35.5. The summed E-state index contributed by atoms with van der Waals surface area (Å²) in [6.45, 7) is 0. The minimum Gasteiger partial charge on any atom is -0.341 e. The van der Waals surface area contributed by atoms with E-state index in [0.29, 0.717) is 11.2 Å². The van der Waals surface area contributed by atoms with Crippen molar-refractivity contribution in [1.29, 1.82) is 0 Å². The van der Waals surface area contributed by atoms with E-state index in [1.54, 1.807) is 0 Å². The first-order valence-electron chi connectivity index (χ1n) is 5.43. The lowest BCUT2D eigenvalue weighted by Gasteiger charge is -2.04. The lowest BCUT2D eigenvalue weighted by molar-refractivity contribution is 0.102. The van der Waals surface area contributed by atoms with Crippen LogP contribution in [0.1, 0.15) is 10.4 Å². The Hall–Kier alpha value is -2.61. The Labute approximate surface area is 116 Å². The van der Waals surface area contributed by atoms with Gasteiger partial charge >= 0.3 is 0 Å². The van der Waals surface area contributed by atoms with Crippen LogP contribution in [0.5, 0.6) is 0 Å². The Balaban J connectivity index is 1.91. The number of carbonyl (C=O) groups is 1. The maximum absolute atomic E-state index is 12.9. The van der Waals surface area contributed by atoms with Gasteiger partial charge in [-0.05, 0) is 6.07 Å². The van der Waals surface area contributed by atoms with Gasteiger partial charge in [0.25, 0.3) is 5.91 Å². The molecule has 0 atom stereocenters. The number of hydrogen-bond acceptors (Lipinski definition) is 5. The zero-order valence-corrected chi connectivity index (χ0v) is 10.5. The summed E-state index contributed by atoms with van der Waals surface area (Å²) in [6.07, 6.45) is 2.60. The predicted octanol–water partition coefficient (Wildman–Crippen LogP) is 1.79. The third kappa shape index (κ3) is 2.28. The van der Waals surface area contributed by atoms with Crippen LogP contribution in [-0.4, -0.2) is 30.8 Å². The zero-order chi connectivity index (χ0) is 14.1. The molecule has 0 radical (unpaired) electrons. The number of pyridine rings is 1. The summed E-state index contributed by atoms with van der Waals surface area (Å²) < 4.78 is 12.9. The van der Waals surface area contributed by atoms with Crippen molar-refractivity contribution < 1.29 is 9.18 Å². The number of carbonyl (C=O) groups excluding carboxylic acids is 1. The van der Waals surface area contributed by atoms with E-state index in [-0.39, 0.29) is 16.7 Å². The average molecular weight is 293 g/mol. The van der Waals surface area contributed by atoms with Crippen molar-refractivity contribution in [3.8, 4) is 0 Å². The quantitative estimate of drug-likeness (QED) is 0.554. The minimum absolute atomic E-state index is 0.0168. The van der Waals surface area contributed by atoms with Gasteiger partial charge in [0.1, 0.15) is 5.52 Å². The van der Waals surface area contributed by atoms with Gasteiger partial charge in [-0.1, -0.05) is 11.6 Å². The zero-order valence-electron chi connectivity index (χ0n) is 9.76. The molecule has 0 saturated carbocycles. The Morgan fingerprint density at radius 2 is 2.20 bits per heavy atom. The van der Waals surface area contributed by atoms with E-state index in [9.17, 15) is 9.18 Å². The number of aromatic amines is 1. The van der Waals surface area contributed by atoms with E-state index < -0.39 is 11.9 Å². The molecule has 9 heteroatoms. The average Bonchev–Trinajstić information content (AvgIpc) is 2.87. The number of anilines is 1. The maximum Gasteiger partial charge on any atom is 0.258 e. The second kappa shape index (κ2) is 4.82. The van der Waals surface area contributed by atoms with Crippen molar-refractivity contribution in [3.63, 3.8) is 0 Å². The van der Waals surface area contributed by atoms with Crippen LogP contribution in [0.15, 0.2) is 24.7 Å². The SMILES string of the molecule is O=C(Nc1nc(Cl)c2[nH]cnc2n1)c1ccnc(F)c1. The van der Waals surface area contributed by atoms with Crippen LogP contribution in [0.4, 0.5) is 10.3 Å². The van der Waals surface area contributed by atoms with Crippen molar-refractivity contribution >= 4 is 34.6 Å². The van der Waals surface area contributed by atoms with E-state index >= 15 is 0 Å². The summed E-state index contributed by atoms with van der Waals surface area (Å²) in [6, 6.07) is 2.37. The standard InChI is InChI=1S/C11H6ClFN6O/c12-8-7-9(16-4-15-7)18-11(17-8)19-10(20)5-1-2-14-6(13)3-5/h1-4H,(H2,15,16,17,18,19,20). The summed E-state index contributed by atoms with van der Waals surface area (Å²) in [7, 11) is 0. The molecular weight excluding hydrogens is 287 g/mol. The van der Waals surface area contributed by atoms with Crippen LogP contribution in [0.2, 0.25) is 5.15 Å². The topological polar surface area (TPSA) is 96.5 Å². The van der Waals surface area contributed by atoms with Gasteiger partial charge < -0.3 is 4.98 Å². The number of imidazole rings is 1. The molecule has 1 amide bonds. The van der Waals surface area contributed by atoms with Gasteiger partial charge in [-0.2, -0.15) is 14.4 Å². The van der Waals surface area contributed by atoms with Crippen molar-refractivity contribution in [2.24, 2.45) is 0 Å². The number of H-pyrrole nitrogens is 1. The molecule has 3 aromatic rings. The van der Waals surface area contributed by atoms with Crippen molar-refractivity contribution in [2.75, 3.05) is 5.32 Å². The van der Waals surface area contributed by atoms with Crippen LogP contribution < -0.4 is 5.32 Å². The number of hydrogen-bond donors (Lipinski definition) is 2. The number of amides is 1. The molecule has 0 aliphatic carbocycles. The predicted molar refractivity (Wildman–Crippen MR) is 68.8 cm³/mol. The van der Waals surface area contributed by atoms with Crippen LogP contribution in [0.3, 0.4) is 0 Å². The fourth-order valence-corrected chi connectivity index (χ4v) is 1.79. The van der Waals surface area contributed by atoms with Gasteiger partial charge in [-0.15, -0.1) is 0 Å². The molecule has 0 aliphatic rings. The van der Waals surface area contributed by atoms with Crippen LogP contribution in [-0.2, 0) is 0 Å². The van der Waals surface area contributed by atoms with E-state index in [2.05, 4.69) is 30.2 Å². The number of nitrogens with zero attached hydrogens (tertiary/aromatic N) is 4. The molecule has 3 rings (SSSR count). The number of rotatable bonds is 2. The van der Waals surface area contributed by atoms with Crippen LogP contribution in [0, 0.1) is 5.95 Å². The van der Waals surface area contributed by atoms with Gasteiger partial charge in [0.15, 0.2) is 10.8 Å². The van der Waals surface area contributed by atoms with Crippen LogP contribution >= 0.6 is 11.6 Å². The van der Waals surface area contributed by atoms with E-state index in [0.717, 1.165) is 6.07 Å². The Morgan fingerprint density at radius 1 is 1.35 bits per heavy atom. The first-order chi connectivity index (χ1) is 9.63. The number of aromatic nitrogens is 5. The lowest BCUT2D eigenvalue weighted by Crippen LogP contribution is -2.14. The summed E-state index contributed by atoms with van der Waals surface area (Å²) in [4.78, 5) is 29.9. The second-order valence-corrected chi connectivity index (χ2v) is 4.12. The molecule has 0 aliphatic heterocycles. The van der Waals surface area contributed by atoms with Gasteiger partial charge in [0.05, 0.1) is 6.33 Å². The molecule has 0 bridgehead atoms.